The molecular weight excluding hydrogens is 250 g/mol. The normalized spacial score (nSPS) is 20.6. The monoisotopic (exact) mass is 273 g/mol. The Bertz CT molecular complexity index is 577. The zero-order valence-electron chi connectivity index (χ0n) is 12.3. The van der Waals surface area contributed by atoms with E-state index in [1.54, 1.807) is 0 Å². The zero-order valence-corrected chi connectivity index (χ0v) is 12.3. The summed E-state index contributed by atoms with van der Waals surface area (Å²) in [7, 11) is 2.23. The summed E-state index contributed by atoms with van der Waals surface area (Å²) in [5, 5.41) is 7.95. The second-order valence-electron chi connectivity index (χ2n) is 5.81. The van der Waals surface area contributed by atoms with Gasteiger partial charge >= 0.3 is 0 Å². The highest BCUT2D eigenvalue weighted by molar-refractivity contribution is 5.38. The van der Waals surface area contributed by atoms with E-state index >= 15 is 0 Å². The van der Waals surface area contributed by atoms with Crippen molar-refractivity contribution in [3.63, 3.8) is 0 Å². The van der Waals surface area contributed by atoms with Crippen molar-refractivity contribution in [1.29, 1.82) is 0 Å². The lowest BCUT2D eigenvalue weighted by atomic mass is 10.0. The summed E-state index contributed by atoms with van der Waals surface area (Å²) in [5.74, 6) is 0. The van der Waals surface area contributed by atoms with E-state index in [-0.39, 0.29) is 0 Å². The van der Waals surface area contributed by atoms with Crippen LogP contribution < -0.4 is 5.32 Å². The van der Waals surface area contributed by atoms with Crippen molar-refractivity contribution in [1.82, 2.24) is 24.8 Å². The topological polar surface area (TPSA) is 45.5 Å². The molecule has 1 fully saturated rings. The molecule has 3 rings (SSSR count). The molecule has 0 amide bonds. The van der Waals surface area contributed by atoms with Gasteiger partial charge in [-0.05, 0) is 33.4 Å². The number of nitrogens with one attached hydrogen (secondary N) is 1. The molecule has 1 saturated heterocycles. The maximum Gasteiger partial charge on any atom is 0.155 e. The number of fused-ring (bicyclic) bond motifs is 1. The molecule has 5 heteroatoms. The molecule has 2 aromatic rings. The maximum atomic E-state index is 4.43. The molecule has 1 unspecified atom stereocenters. The van der Waals surface area contributed by atoms with Gasteiger partial charge in [-0.25, -0.2) is 9.50 Å². The van der Waals surface area contributed by atoms with Crippen LogP contribution in [-0.2, 0) is 6.54 Å². The molecule has 1 atom stereocenters. The van der Waals surface area contributed by atoms with Crippen LogP contribution in [0.5, 0.6) is 0 Å². The number of likely N-dealkylation sites (N-methyl/N-ethyl adjacent to an activating group) is 1. The van der Waals surface area contributed by atoms with Gasteiger partial charge in [-0.1, -0.05) is 6.42 Å². The molecule has 0 radical (unpaired) electrons. The summed E-state index contributed by atoms with van der Waals surface area (Å²) in [6, 6.07) is 2.67. The van der Waals surface area contributed by atoms with Crippen molar-refractivity contribution < 1.29 is 0 Å². The molecule has 2 aromatic heterocycles. The molecule has 0 bridgehead atoms. The third-order valence-electron chi connectivity index (χ3n) is 4.12. The average Bonchev–Trinajstić information content (AvgIpc) is 2.80. The Kier molecular flexibility index (Phi) is 3.98. The first-order chi connectivity index (χ1) is 9.72. The molecule has 5 nitrogen and oxygen atoms in total. The fourth-order valence-electron chi connectivity index (χ4n) is 2.91. The van der Waals surface area contributed by atoms with Crippen LogP contribution in [0.25, 0.3) is 5.65 Å². The fourth-order valence-corrected chi connectivity index (χ4v) is 2.91. The second-order valence-corrected chi connectivity index (χ2v) is 5.81. The number of nitrogens with zero attached hydrogens (tertiary/aromatic N) is 4. The number of hydrogen-bond donors (Lipinski definition) is 1. The standard InChI is InChI=1S/C15H23N5/c1-12-7-15-17-9-13(11-20(15)18-12)8-16-10-14-5-3-4-6-19(14)2/h7,9,11,14,16H,3-6,8,10H2,1-2H3. The molecule has 1 aliphatic heterocycles. The molecule has 0 spiro atoms. The lowest BCUT2D eigenvalue weighted by Crippen LogP contribution is -2.42. The van der Waals surface area contributed by atoms with Gasteiger partial charge in [0.05, 0.1) is 5.69 Å². The molecule has 0 aliphatic carbocycles. The van der Waals surface area contributed by atoms with E-state index in [0.717, 1.165) is 24.4 Å². The number of likely N-dealkylation sites (tertiary alicyclic amines) is 1. The Labute approximate surface area is 120 Å². The van der Waals surface area contributed by atoms with Crippen molar-refractivity contribution in [3.8, 4) is 0 Å². The Balaban J connectivity index is 1.56. The quantitative estimate of drug-likeness (QED) is 0.919. The molecule has 20 heavy (non-hydrogen) atoms. The van der Waals surface area contributed by atoms with Crippen LogP contribution in [0.1, 0.15) is 30.5 Å². The Hall–Kier alpha value is -1.46. The van der Waals surface area contributed by atoms with E-state index in [2.05, 4.69) is 33.5 Å². The number of aryl methyl sites for hydroxylation is 1. The summed E-state index contributed by atoms with van der Waals surface area (Å²) in [5.41, 5.74) is 3.10. The highest BCUT2D eigenvalue weighted by Gasteiger charge is 2.17. The summed E-state index contributed by atoms with van der Waals surface area (Å²) < 4.78 is 1.86. The van der Waals surface area contributed by atoms with E-state index in [4.69, 9.17) is 0 Å². The van der Waals surface area contributed by atoms with E-state index in [0.29, 0.717) is 6.04 Å². The van der Waals surface area contributed by atoms with E-state index < -0.39 is 0 Å². The lowest BCUT2D eigenvalue weighted by Gasteiger charge is -2.32. The molecule has 1 aliphatic rings. The first-order valence-corrected chi connectivity index (χ1v) is 7.44. The van der Waals surface area contributed by atoms with Crippen molar-refractivity contribution in [3.05, 3.63) is 29.7 Å². The highest BCUT2D eigenvalue weighted by atomic mass is 15.2. The van der Waals surface area contributed by atoms with Crippen molar-refractivity contribution >= 4 is 5.65 Å². The van der Waals surface area contributed by atoms with Gasteiger partial charge in [0.2, 0.25) is 0 Å². The fraction of sp³-hybridized carbons (Fsp3) is 0.600. The molecule has 0 saturated carbocycles. The second kappa shape index (κ2) is 5.89. The minimum atomic E-state index is 0.674. The minimum Gasteiger partial charge on any atom is -0.311 e. The van der Waals surface area contributed by atoms with Gasteiger partial charge in [-0.3, -0.25) is 0 Å². The third kappa shape index (κ3) is 2.99. The number of piperidine rings is 1. The Morgan fingerprint density at radius 3 is 3.15 bits per heavy atom. The highest BCUT2D eigenvalue weighted by Crippen LogP contribution is 2.14. The Morgan fingerprint density at radius 2 is 2.30 bits per heavy atom. The smallest absolute Gasteiger partial charge is 0.155 e. The largest absolute Gasteiger partial charge is 0.311 e. The third-order valence-corrected chi connectivity index (χ3v) is 4.12. The van der Waals surface area contributed by atoms with Crippen LogP contribution in [0.2, 0.25) is 0 Å². The van der Waals surface area contributed by atoms with Crippen molar-refractivity contribution in [2.45, 2.75) is 38.8 Å². The molecule has 0 aromatic carbocycles. The van der Waals surface area contributed by atoms with Crippen LogP contribution >= 0.6 is 0 Å². The number of aromatic nitrogens is 3. The van der Waals surface area contributed by atoms with Crippen molar-refractivity contribution in [2.75, 3.05) is 20.1 Å². The van der Waals surface area contributed by atoms with Crippen LogP contribution in [0.4, 0.5) is 0 Å². The predicted octanol–water partition coefficient (Wildman–Crippen LogP) is 1.61. The number of hydrogen-bond acceptors (Lipinski definition) is 4. The lowest BCUT2D eigenvalue weighted by molar-refractivity contribution is 0.181. The van der Waals surface area contributed by atoms with Crippen LogP contribution in [-0.4, -0.2) is 45.7 Å². The summed E-state index contributed by atoms with van der Waals surface area (Å²) in [4.78, 5) is 6.90. The van der Waals surface area contributed by atoms with Crippen LogP contribution in [0.3, 0.4) is 0 Å². The van der Waals surface area contributed by atoms with Gasteiger partial charge in [0, 0.05) is 43.2 Å². The maximum absolute atomic E-state index is 4.43. The van der Waals surface area contributed by atoms with Gasteiger partial charge in [0.15, 0.2) is 5.65 Å². The Morgan fingerprint density at radius 1 is 1.40 bits per heavy atom. The van der Waals surface area contributed by atoms with Gasteiger partial charge in [-0.2, -0.15) is 5.10 Å². The van der Waals surface area contributed by atoms with E-state index in [1.165, 1.54) is 31.4 Å². The average molecular weight is 273 g/mol. The summed E-state index contributed by atoms with van der Waals surface area (Å²) >= 11 is 0. The predicted molar refractivity (Wildman–Crippen MR) is 79.7 cm³/mol. The van der Waals surface area contributed by atoms with Crippen LogP contribution in [0.15, 0.2) is 18.5 Å². The summed E-state index contributed by atoms with van der Waals surface area (Å²) in [6.07, 6.45) is 8.00. The molecule has 3 heterocycles. The van der Waals surface area contributed by atoms with Gasteiger partial charge in [0.1, 0.15) is 0 Å². The van der Waals surface area contributed by atoms with Gasteiger partial charge in [0.25, 0.3) is 0 Å². The SMILES string of the molecule is Cc1cc2ncc(CNCC3CCCCN3C)cn2n1. The van der Waals surface area contributed by atoms with Crippen LogP contribution in [0, 0.1) is 6.92 Å². The summed E-state index contributed by atoms with van der Waals surface area (Å²) in [6.45, 7) is 5.12. The van der Waals surface area contributed by atoms with E-state index in [1.807, 2.05) is 23.7 Å². The molecular formula is C15H23N5. The van der Waals surface area contributed by atoms with Crippen molar-refractivity contribution in [2.24, 2.45) is 0 Å². The van der Waals surface area contributed by atoms with Gasteiger partial charge in [-0.15, -0.1) is 0 Å². The number of rotatable bonds is 4. The first kappa shape index (κ1) is 13.5. The zero-order chi connectivity index (χ0) is 13.9. The molecule has 1 N–H and O–H groups in total. The van der Waals surface area contributed by atoms with Gasteiger partial charge < -0.3 is 10.2 Å². The minimum absolute atomic E-state index is 0.674. The molecule has 108 valence electrons. The first-order valence-electron chi connectivity index (χ1n) is 7.44. The van der Waals surface area contributed by atoms with E-state index in [9.17, 15) is 0 Å².